The quantitative estimate of drug-likeness (QED) is 0.910. The van der Waals surface area contributed by atoms with Crippen molar-refractivity contribution in [3.63, 3.8) is 0 Å². The zero-order chi connectivity index (χ0) is 14.4. The number of ether oxygens (including phenoxy) is 1. The van der Waals surface area contributed by atoms with Crippen molar-refractivity contribution in [2.45, 2.75) is 13.8 Å². The van der Waals surface area contributed by atoms with Crippen molar-refractivity contribution in [1.29, 1.82) is 0 Å². The van der Waals surface area contributed by atoms with Crippen molar-refractivity contribution in [1.82, 2.24) is 9.88 Å². The number of carbonyl (C=O) groups is 1. The maximum absolute atomic E-state index is 11.6. The summed E-state index contributed by atoms with van der Waals surface area (Å²) in [6, 6.07) is 2.09. The smallest absolute Gasteiger partial charge is 0.409 e. The largest absolute Gasteiger partial charge is 0.450 e. The normalized spacial score (nSPS) is 15.1. The van der Waals surface area contributed by atoms with E-state index in [1.807, 2.05) is 19.3 Å². The molecule has 6 nitrogen and oxygen atoms in total. The van der Waals surface area contributed by atoms with Crippen LogP contribution in [-0.2, 0) is 4.74 Å². The number of rotatable bonds is 4. The molecule has 20 heavy (non-hydrogen) atoms. The van der Waals surface area contributed by atoms with Crippen LogP contribution in [-0.4, -0.2) is 55.3 Å². The molecule has 1 aromatic heterocycles. The van der Waals surface area contributed by atoms with Gasteiger partial charge in [-0.2, -0.15) is 0 Å². The molecule has 6 heteroatoms. The van der Waals surface area contributed by atoms with Crippen LogP contribution in [0.3, 0.4) is 0 Å². The fourth-order valence-electron chi connectivity index (χ4n) is 2.26. The van der Waals surface area contributed by atoms with E-state index in [1.165, 1.54) is 0 Å². The Hall–Kier alpha value is -1.98. The number of pyridine rings is 1. The summed E-state index contributed by atoms with van der Waals surface area (Å²) in [7, 11) is 0. The third-order valence-corrected chi connectivity index (χ3v) is 3.28. The molecule has 2 rings (SSSR count). The summed E-state index contributed by atoms with van der Waals surface area (Å²) in [6.07, 6.45) is 3.47. The highest BCUT2D eigenvalue weighted by atomic mass is 16.6. The molecule has 2 heterocycles. The van der Waals surface area contributed by atoms with Gasteiger partial charge in [-0.3, -0.25) is 4.98 Å². The van der Waals surface area contributed by atoms with Crippen molar-refractivity contribution in [3.05, 3.63) is 18.5 Å². The molecule has 1 saturated heterocycles. The molecule has 0 unspecified atom stereocenters. The number of anilines is 2. The second-order valence-corrected chi connectivity index (χ2v) is 4.64. The van der Waals surface area contributed by atoms with Gasteiger partial charge in [0.2, 0.25) is 0 Å². The number of amides is 1. The van der Waals surface area contributed by atoms with Crippen molar-refractivity contribution >= 4 is 17.5 Å². The van der Waals surface area contributed by atoms with E-state index in [4.69, 9.17) is 4.74 Å². The molecular weight excluding hydrogens is 256 g/mol. The van der Waals surface area contributed by atoms with E-state index in [0.717, 1.165) is 31.0 Å². The highest BCUT2D eigenvalue weighted by Gasteiger charge is 2.22. The van der Waals surface area contributed by atoms with Crippen molar-refractivity contribution in [3.8, 4) is 0 Å². The summed E-state index contributed by atoms with van der Waals surface area (Å²) < 4.78 is 5.02. The van der Waals surface area contributed by atoms with Crippen LogP contribution in [0.1, 0.15) is 13.8 Å². The van der Waals surface area contributed by atoms with E-state index >= 15 is 0 Å². The SMILES string of the molecule is CCNc1cncc(N2CCN(C(=O)OCC)CC2)c1. The minimum absolute atomic E-state index is 0.216. The maximum Gasteiger partial charge on any atom is 0.409 e. The molecule has 0 radical (unpaired) electrons. The minimum atomic E-state index is -0.216. The number of piperazine rings is 1. The summed E-state index contributed by atoms with van der Waals surface area (Å²) in [5, 5.41) is 3.26. The molecule has 0 aliphatic carbocycles. The van der Waals surface area contributed by atoms with Crippen LogP contribution < -0.4 is 10.2 Å². The summed E-state index contributed by atoms with van der Waals surface area (Å²) in [6.45, 7) is 8.16. The lowest BCUT2D eigenvalue weighted by Gasteiger charge is -2.35. The fourth-order valence-corrected chi connectivity index (χ4v) is 2.26. The number of nitrogens with zero attached hydrogens (tertiary/aromatic N) is 3. The molecule has 0 atom stereocenters. The standard InChI is InChI=1S/C14H22N4O2/c1-3-16-12-9-13(11-15-10-12)17-5-7-18(8-6-17)14(19)20-4-2/h9-11,16H,3-8H2,1-2H3. The zero-order valence-corrected chi connectivity index (χ0v) is 12.1. The Kier molecular flexibility index (Phi) is 5.03. The monoisotopic (exact) mass is 278 g/mol. The Morgan fingerprint density at radius 1 is 1.30 bits per heavy atom. The first kappa shape index (κ1) is 14.4. The highest BCUT2D eigenvalue weighted by Crippen LogP contribution is 2.19. The topological polar surface area (TPSA) is 57.7 Å². The van der Waals surface area contributed by atoms with E-state index in [0.29, 0.717) is 19.7 Å². The molecule has 1 fully saturated rings. The lowest BCUT2D eigenvalue weighted by atomic mass is 10.2. The first-order valence-corrected chi connectivity index (χ1v) is 7.10. The van der Waals surface area contributed by atoms with Crippen LogP contribution in [0.15, 0.2) is 18.5 Å². The predicted molar refractivity (Wildman–Crippen MR) is 79.2 cm³/mol. The number of hydrogen-bond donors (Lipinski definition) is 1. The van der Waals surface area contributed by atoms with Gasteiger partial charge in [0.1, 0.15) is 0 Å². The van der Waals surface area contributed by atoms with Gasteiger partial charge >= 0.3 is 6.09 Å². The number of nitrogens with one attached hydrogen (secondary N) is 1. The molecule has 1 aromatic rings. The van der Waals surface area contributed by atoms with Gasteiger partial charge in [0.25, 0.3) is 0 Å². The van der Waals surface area contributed by atoms with Crippen molar-refractivity contribution in [2.75, 3.05) is 49.5 Å². The van der Waals surface area contributed by atoms with Crippen molar-refractivity contribution in [2.24, 2.45) is 0 Å². The summed E-state index contributed by atoms with van der Waals surface area (Å²) in [5.74, 6) is 0. The second-order valence-electron chi connectivity index (χ2n) is 4.64. The Balaban J connectivity index is 1.93. The third-order valence-electron chi connectivity index (χ3n) is 3.28. The van der Waals surface area contributed by atoms with E-state index in [1.54, 1.807) is 4.90 Å². The summed E-state index contributed by atoms with van der Waals surface area (Å²) in [5.41, 5.74) is 2.12. The second kappa shape index (κ2) is 6.98. The highest BCUT2D eigenvalue weighted by molar-refractivity contribution is 5.68. The number of hydrogen-bond acceptors (Lipinski definition) is 5. The molecule has 0 spiro atoms. The molecular formula is C14H22N4O2. The Bertz CT molecular complexity index is 445. The first-order valence-electron chi connectivity index (χ1n) is 7.10. The van der Waals surface area contributed by atoms with Gasteiger partial charge in [0.05, 0.1) is 30.4 Å². The molecule has 1 amide bonds. The predicted octanol–water partition coefficient (Wildman–Crippen LogP) is 1.79. The molecule has 0 aromatic carbocycles. The van der Waals surface area contributed by atoms with Crippen LogP contribution in [0.2, 0.25) is 0 Å². The van der Waals surface area contributed by atoms with Crippen LogP contribution in [0.25, 0.3) is 0 Å². The first-order chi connectivity index (χ1) is 9.74. The van der Waals surface area contributed by atoms with Gasteiger partial charge in [0, 0.05) is 32.7 Å². The lowest BCUT2D eigenvalue weighted by molar-refractivity contribution is 0.105. The Morgan fingerprint density at radius 3 is 2.70 bits per heavy atom. The number of carbonyl (C=O) groups excluding carboxylic acids is 1. The molecule has 0 saturated carbocycles. The van der Waals surface area contributed by atoms with Gasteiger partial charge in [-0.05, 0) is 19.9 Å². The van der Waals surface area contributed by atoms with Gasteiger partial charge in [-0.25, -0.2) is 4.79 Å². The van der Waals surface area contributed by atoms with E-state index < -0.39 is 0 Å². The average molecular weight is 278 g/mol. The van der Waals surface area contributed by atoms with Gasteiger partial charge in [-0.1, -0.05) is 0 Å². The number of aromatic nitrogens is 1. The fraction of sp³-hybridized carbons (Fsp3) is 0.571. The van der Waals surface area contributed by atoms with Crippen molar-refractivity contribution < 1.29 is 9.53 Å². The van der Waals surface area contributed by atoms with Crippen LogP contribution >= 0.6 is 0 Å². The van der Waals surface area contributed by atoms with Gasteiger partial charge < -0.3 is 19.9 Å². The summed E-state index contributed by atoms with van der Waals surface area (Å²) >= 11 is 0. The molecule has 0 bridgehead atoms. The maximum atomic E-state index is 11.6. The molecule has 110 valence electrons. The minimum Gasteiger partial charge on any atom is -0.450 e. The van der Waals surface area contributed by atoms with E-state index in [9.17, 15) is 4.79 Å². The van der Waals surface area contributed by atoms with Crippen LogP contribution in [0.5, 0.6) is 0 Å². The molecule has 1 N–H and O–H groups in total. The van der Waals surface area contributed by atoms with Crippen LogP contribution in [0.4, 0.5) is 16.2 Å². The summed E-state index contributed by atoms with van der Waals surface area (Å²) in [4.78, 5) is 19.9. The lowest BCUT2D eigenvalue weighted by Crippen LogP contribution is -2.49. The molecule has 1 aliphatic heterocycles. The average Bonchev–Trinajstić information content (AvgIpc) is 2.48. The van der Waals surface area contributed by atoms with Crippen LogP contribution in [0, 0.1) is 0 Å². The van der Waals surface area contributed by atoms with Gasteiger partial charge in [0.15, 0.2) is 0 Å². The third kappa shape index (κ3) is 3.53. The van der Waals surface area contributed by atoms with Gasteiger partial charge in [-0.15, -0.1) is 0 Å². The zero-order valence-electron chi connectivity index (χ0n) is 12.1. The molecule has 1 aliphatic rings. The van der Waals surface area contributed by atoms with E-state index in [2.05, 4.69) is 28.2 Å². The Morgan fingerprint density at radius 2 is 2.05 bits per heavy atom. The van der Waals surface area contributed by atoms with E-state index in [-0.39, 0.29) is 6.09 Å². The Labute approximate surface area is 119 Å².